The van der Waals surface area contributed by atoms with Crippen LogP contribution in [-0.4, -0.2) is 16.6 Å². The van der Waals surface area contributed by atoms with Crippen LogP contribution >= 0.6 is 0 Å². The van der Waals surface area contributed by atoms with Crippen molar-refractivity contribution in [2.45, 2.75) is 51.0 Å². The van der Waals surface area contributed by atoms with Gasteiger partial charge in [0.25, 0.3) is 0 Å². The first-order valence-corrected chi connectivity index (χ1v) is 6.58. The summed E-state index contributed by atoms with van der Waals surface area (Å²) in [7, 11) is 0. The molecular weight excluding hydrogens is 226 g/mol. The number of hydrogen-bond donors (Lipinski definition) is 2. The number of carbonyl (C=O) groups is 1. The molecule has 0 amide bonds. The molecule has 0 saturated heterocycles. The van der Waals surface area contributed by atoms with Crippen LogP contribution in [0.2, 0.25) is 0 Å². The highest BCUT2D eigenvalue weighted by Crippen LogP contribution is 2.14. The molecular formula is C15H23NO2. The topological polar surface area (TPSA) is 63.3 Å². The number of aryl methyl sites for hydroxylation is 1. The smallest absolute Gasteiger partial charge is 0.323 e. The highest BCUT2D eigenvalue weighted by atomic mass is 16.4. The molecule has 1 atom stereocenters. The summed E-state index contributed by atoms with van der Waals surface area (Å²) in [6.45, 7) is 1.58. The molecule has 0 radical (unpaired) electrons. The van der Waals surface area contributed by atoms with Crippen molar-refractivity contribution in [1.82, 2.24) is 0 Å². The molecule has 1 rings (SSSR count). The second kappa shape index (κ2) is 7.17. The zero-order valence-corrected chi connectivity index (χ0v) is 11.1. The highest BCUT2D eigenvalue weighted by molar-refractivity contribution is 5.77. The lowest BCUT2D eigenvalue weighted by atomic mass is 9.95. The maximum Gasteiger partial charge on any atom is 0.323 e. The molecule has 18 heavy (non-hydrogen) atoms. The van der Waals surface area contributed by atoms with Gasteiger partial charge in [0.05, 0.1) is 0 Å². The van der Waals surface area contributed by atoms with Crippen molar-refractivity contribution in [2.24, 2.45) is 5.73 Å². The predicted molar refractivity (Wildman–Crippen MR) is 73.5 cm³/mol. The number of carboxylic acid groups (broad SMARTS) is 1. The Morgan fingerprint density at radius 1 is 1.17 bits per heavy atom. The van der Waals surface area contributed by atoms with Gasteiger partial charge in [-0.1, -0.05) is 49.6 Å². The van der Waals surface area contributed by atoms with E-state index in [1.54, 1.807) is 6.92 Å². The van der Waals surface area contributed by atoms with E-state index in [9.17, 15) is 4.79 Å². The highest BCUT2D eigenvalue weighted by Gasteiger charge is 2.26. The molecule has 0 bridgehead atoms. The van der Waals surface area contributed by atoms with Crippen molar-refractivity contribution in [3.05, 3.63) is 35.9 Å². The fraction of sp³-hybridized carbons (Fsp3) is 0.533. The molecule has 3 N–H and O–H groups in total. The minimum absolute atomic E-state index is 0.549. The van der Waals surface area contributed by atoms with Gasteiger partial charge < -0.3 is 10.8 Å². The van der Waals surface area contributed by atoms with Crippen LogP contribution in [-0.2, 0) is 11.2 Å². The Morgan fingerprint density at radius 3 is 2.39 bits per heavy atom. The number of carboxylic acids is 1. The van der Waals surface area contributed by atoms with Crippen LogP contribution in [0.25, 0.3) is 0 Å². The molecule has 0 unspecified atom stereocenters. The normalized spacial score (nSPS) is 14.1. The fourth-order valence-corrected chi connectivity index (χ4v) is 1.93. The third-order valence-corrected chi connectivity index (χ3v) is 3.24. The van der Waals surface area contributed by atoms with Crippen molar-refractivity contribution < 1.29 is 9.90 Å². The second-order valence-electron chi connectivity index (χ2n) is 5.12. The summed E-state index contributed by atoms with van der Waals surface area (Å²) in [5, 5.41) is 8.87. The number of rotatable bonds is 8. The molecule has 0 fully saturated rings. The average molecular weight is 249 g/mol. The molecule has 0 saturated carbocycles. The number of hydrogen-bond acceptors (Lipinski definition) is 2. The molecule has 0 heterocycles. The molecule has 0 aromatic heterocycles. The van der Waals surface area contributed by atoms with Gasteiger partial charge >= 0.3 is 5.97 Å². The Morgan fingerprint density at radius 2 is 1.78 bits per heavy atom. The first kappa shape index (κ1) is 14.7. The van der Waals surface area contributed by atoms with E-state index >= 15 is 0 Å². The molecule has 1 aromatic carbocycles. The zero-order chi connectivity index (χ0) is 13.4. The number of benzene rings is 1. The van der Waals surface area contributed by atoms with E-state index in [1.165, 1.54) is 5.56 Å². The number of unbranched alkanes of at least 4 members (excludes halogenated alkanes) is 3. The molecule has 0 spiro atoms. The van der Waals surface area contributed by atoms with Crippen molar-refractivity contribution in [2.75, 3.05) is 0 Å². The molecule has 0 aliphatic carbocycles. The van der Waals surface area contributed by atoms with E-state index < -0.39 is 11.5 Å². The van der Waals surface area contributed by atoms with E-state index in [0.29, 0.717) is 6.42 Å². The van der Waals surface area contributed by atoms with Crippen molar-refractivity contribution >= 4 is 5.97 Å². The summed E-state index contributed by atoms with van der Waals surface area (Å²) in [6.07, 6.45) is 5.86. The van der Waals surface area contributed by atoms with Gasteiger partial charge in [-0.15, -0.1) is 0 Å². The van der Waals surface area contributed by atoms with E-state index in [2.05, 4.69) is 24.3 Å². The van der Waals surface area contributed by atoms with Gasteiger partial charge in [0.1, 0.15) is 5.54 Å². The minimum Gasteiger partial charge on any atom is -0.480 e. The van der Waals surface area contributed by atoms with E-state index in [4.69, 9.17) is 10.8 Å². The van der Waals surface area contributed by atoms with Crippen molar-refractivity contribution in [3.63, 3.8) is 0 Å². The third kappa shape index (κ3) is 5.32. The van der Waals surface area contributed by atoms with Crippen LogP contribution in [0.5, 0.6) is 0 Å². The van der Waals surface area contributed by atoms with Crippen molar-refractivity contribution in [3.8, 4) is 0 Å². The minimum atomic E-state index is -1.07. The SMILES string of the molecule is C[C@@](N)(CCCCCCc1ccccc1)C(=O)O. The van der Waals surface area contributed by atoms with Gasteiger partial charge in [-0.05, 0) is 31.7 Å². The quantitative estimate of drug-likeness (QED) is 0.696. The van der Waals surface area contributed by atoms with Crippen LogP contribution in [0, 0.1) is 0 Å². The maximum atomic E-state index is 10.8. The van der Waals surface area contributed by atoms with Gasteiger partial charge in [0.15, 0.2) is 0 Å². The summed E-state index contributed by atoms with van der Waals surface area (Å²) < 4.78 is 0. The zero-order valence-electron chi connectivity index (χ0n) is 11.1. The Labute approximate surface area is 109 Å². The molecule has 3 heteroatoms. The summed E-state index contributed by atoms with van der Waals surface area (Å²) in [5.41, 5.74) is 5.96. The van der Waals surface area contributed by atoms with Crippen molar-refractivity contribution in [1.29, 1.82) is 0 Å². The Kier molecular flexibility index (Phi) is 5.86. The van der Waals surface area contributed by atoms with Gasteiger partial charge in [-0.3, -0.25) is 4.79 Å². The molecule has 0 aliphatic heterocycles. The summed E-state index contributed by atoms with van der Waals surface area (Å²) in [4.78, 5) is 10.8. The maximum absolute atomic E-state index is 10.8. The Bertz CT molecular complexity index is 360. The lowest BCUT2D eigenvalue weighted by Gasteiger charge is -2.18. The first-order valence-electron chi connectivity index (χ1n) is 6.58. The van der Waals surface area contributed by atoms with E-state index in [1.807, 2.05) is 6.07 Å². The molecule has 1 aromatic rings. The molecule has 0 aliphatic rings. The fourth-order valence-electron chi connectivity index (χ4n) is 1.93. The Balaban J connectivity index is 2.08. The van der Waals surface area contributed by atoms with Crippen LogP contribution in [0.4, 0.5) is 0 Å². The number of aliphatic carboxylic acids is 1. The molecule has 100 valence electrons. The van der Waals surface area contributed by atoms with Gasteiger partial charge in [-0.25, -0.2) is 0 Å². The Hall–Kier alpha value is -1.35. The average Bonchev–Trinajstić information content (AvgIpc) is 2.34. The van der Waals surface area contributed by atoms with Crippen LogP contribution in [0.1, 0.15) is 44.6 Å². The van der Waals surface area contributed by atoms with Crippen LogP contribution < -0.4 is 5.73 Å². The lowest BCUT2D eigenvalue weighted by Crippen LogP contribution is -2.44. The number of nitrogens with two attached hydrogens (primary N) is 1. The monoisotopic (exact) mass is 249 g/mol. The van der Waals surface area contributed by atoms with Crippen LogP contribution in [0.15, 0.2) is 30.3 Å². The van der Waals surface area contributed by atoms with Gasteiger partial charge in [-0.2, -0.15) is 0 Å². The second-order valence-corrected chi connectivity index (χ2v) is 5.12. The van der Waals surface area contributed by atoms with E-state index in [0.717, 1.165) is 32.1 Å². The van der Waals surface area contributed by atoms with Crippen LogP contribution in [0.3, 0.4) is 0 Å². The van der Waals surface area contributed by atoms with Gasteiger partial charge in [0, 0.05) is 0 Å². The first-order chi connectivity index (χ1) is 8.52. The molecule has 3 nitrogen and oxygen atoms in total. The third-order valence-electron chi connectivity index (χ3n) is 3.24. The standard InChI is InChI=1S/C15H23NO2/c1-15(16,14(17)18)12-8-3-2-5-9-13-10-6-4-7-11-13/h4,6-7,10-11H,2-3,5,8-9,12,16H2,1H3,(H,17,18)/t15-/m1/s1. The summed E-state index contributed by atoms with van der Waals surface area (Å²) in [5.74, 6) is -0.910. The largest absolute Gasteiger partial charge is 0.480 e. The summed E-state index contributed by atoms with van der Waals surface area (Å²) in [6, 6.07) is 10.4. The van der Waals surface area contributed by atoms with Gasteiger partial charge in [0.2, 0.25) is 0 Å². The predicted octanol–water partition coefficient (Wildman–Crippen LogP) is 2.98. The summed E-state index contributed by atoms with van der Waals surface area (Å²) >= 11 is 0. The lowest BCUT2D eigenvalue weighted by molar-refractivity contribution is -0.142. The van der Waals surface area contributed by atoms with E-state index in [-0.39, 0.29) is 0 Å².